The predicted molar refractivity (Wildman–Crippen MR) is 93.0 cm³/mol. The van der Waals surface area contributed by atoms with E-state index in [1.54, 1.807) is 17.9 Å². The molecule has 6 nitrogen and oxygen atoms in total. The number of hydrogen-bond acceptors (Lipinski definition) is 4. The summed E-state index contributed by atoms with van der Waals surface area (Å²) in [5.41, 5.74) is 1.58. The van der Waals surface area contributed by atoms with Gasteiger partial charge < -0.3 is 15.4 Å². The average molecular weight is 328 g/mol. The highest BCUT2D eigenvalue weighted by Gasteiger charge is 2.20. The van der Waals surface area contributed by atoms with Crippen molar-refractivity contribution in [1.82, 2.24) is 15.1 Å². The van der Waals surface area contributed by atoms with Gasteiger partial charge in [-0.05, 0) is 57.0 Å². The Morgan fingerprint density at radius 3 is 2.58 bits per heavy atom. The molecule has 1 amide bonds. The second-order valence-corrected chi connectivity index (χ2v) is 6.21. The molecule has 1 unspecified atom stereocenters. The summed E-state index contributed by atoms with van der Waals surface area (Å²) in [6.07, 6.45) is 8.63. The molecule has 1 aliphatic carbocycles. The third-order valence-corrected chi connectivity index (χ3v) is 4.34. The van der Waals surface area contributed by atoms with Crippen LogP contribution < -0.4 is 15.4 Å². The second kappa shape index (κ2) is 7.49. The van der Waals surface area contributed by atoms with Crippen molar-refractivity contribution >= 4 is 11.6 Å². The van der Waals surface area contributed by atoms with Crippen LogP contribution >= 0.6 is 0 Å². The van der Waals surface area contributed by atoms with Crippen molar-refractivity contribution in [2.75, 3.05) is 12.4 Å². The third-order valence-electron chi connectivity index (χ3n) is 4.34. The fourth-order valence-corrected chi connectivity index (χ4v) is 3.07. The fraction of sp³-hybridized carbons (Fsp3) is 0.444. The number of aryl methyl sites for hydroxylation is 1. The summed E-state index contributed by atoms with van der Waals surface area (Å²) in [4.78, 5) is 12.5. The highest BCUT2D eigenvalue weighted by molar-refractivity contribution is 5.95. The van der Waals surface area contributed by atoms with Crippen LogP contribution in [0.4, 0.5) is 5.69 Å². The van der Waals surface area contributed by atoms with Gasteiger partial charge in [0.05, 0.1) is 12.3 Å². The van der Waals surface area contributed by atoms with E-state index in [-0.39, 0.29) is 5.91 Å². The van der Waals surface area contributed by atoms with Gasteiger partial charge in [0.2, 0.25) is 5.91 Å². The van der Waals surface area contributed by atoms with Gasteiger partial charge in [-0.25, -0.2) is 0 Å². The van der Waals surface area contributed by atoms with E-state index in [0.29, 0.717) is 6.10 Å². The number of carbonyl (C=O) groups excluding carboxylic acids is 1. The van der Waals surface area contributed by atoms with Gasteiger partial charge in [0.1, 0.15) is 11.8 Å². The lowest BCUT2D eigenvalue weighted by Crippen LogP contribution is -2.30. The van der Waals surface area contributed by atoms with Crippen LogP contribution in [0.5, 0.6) is 5.75 Å². The summed E-state index contributed by atoms with van der Waals surface area (Å²) in [6.45, 7) is 0. The molecule has 1 aromatic heterocycles. The van der Waals surface area contributed by atoms with E-state index in [9.17, 15) is 4.79 Å². The number of likely N-dealkylation sites (N-methyl/N-ethyl adjacent to an activating group) is 1. The highest BCUT2D eigenvalue weighted by atomic mass is 16.5. The maximum absolute atomic E-state index is 12.5. The molecule has 2 N–H and O–H groups in total. The van der Waals surface area contributed by atoms with E-state index >= 15 is 0 Å². The molecule has 128 valence electrons. The number of nitrogens with one attached hydrogen (secondary N) is 2. The van der Waals surface area contributed by atoms with Crippen LogP contribution in [0, 0.1) is 0 Å². The Morgan fingerprint density at radius 2 is 2.00 bits per heavy atom. The van der Waals surface area contributed by atoms with E-state index in [1.165, 1.54) is 12.8 Å². The second-order valence-electron chi connectivity index (χ2n) is 6.21. The van der Waals surface area contributed by atoms with Crippen molar-refractivity contribution in [3.63, 3.8) is 0 Å². The number of anilines is 1. The van der Waals surface area contributed by atoms with Crippen molar-refractivity contribution in [2.24, 2.45) is 7.05 Å². The molecular formula is C18H24N4O2. The zero-order chi connectivity index (χ0) is 16.9. The summed E-state index contributed by atoms with van der Waals surface area (Å²) >= 11 is 0. The first-order chi connectivity index (χ1) is 11.7. The minimum Gasteiger partial charge on any atom is -0.490 e. The van der Waals surface area contributed by atoms with Gasteiger partial charge in [-0.2, -0.15) is 5.10 Å². The van der Waals surface area contributed by atoms with Gasteiger partial charge in [-0.3, -0.25) is 9.48 Å². The number of rotatable bonds is 6. The first-order valence-corrected chi connectivity index (χ1v) is 8.39. The number of ether oxygens (including phenoxy) is 1. The molecule has 6 heteroatoms. The van der Waals surface area contributed by atoms with E-state index in [1.807, 2.05) is 37.5 Å². The molecule has 0 saturated heterocycles. The normalized spacial score (nSPS) is 16.1. The smallest absolute Gasteiger partial charge is 0.246 e. The van der Waals surface area contributed by atoms with Gasteiger partial charge >= 0.3 is 0 Å². The molecule has 1 heterocycles. The lowest BCUT2D eigenvalue weighted by Gasteiger charge is -2.16. The quantitative estimate of drug-likeness (QED) is 0.855. The minimum atomic E-state index is -0.437. The van der Waals surface area contributed by atoms with Crippen molar-refractivity contribution in [3.8, 4) is 5.75 Å². The highest BCUT2D eigenvalue weighted by Crippen LogP contribution is 2.25. The Labute approximate surface area is 142 Å². The SMILES string of the molecule is CNC(C(=O)Nc1ccc(OC2CCCC2)cc1)c1cnn(C)c1. The summed E-state index contributed by atoms with van der Waals surface area (Å²) in [5, 5.41) is 10.1. The molecule has 0 bridgehead atoms. The van der Waals surface area contributed by atoms with Crippen molar-refractivity contribution in [1.29, 1.82) is 0 Å². The van der Waals surface area contributed by atoms with Crippen molar-refractivity contribution in [3.05, 3.63) is 42.2 Å². The van der Waals surface area contributed by atoms with Crippen LogP contribution in [0.25, 0.3) is 0 Å². The zero-order valence-electron chi connectivity index (χ0n) is 14.2. The van der Waals surface area contributed by atoms with Crippen LogP contribution in [-0.2, 0) is 11.8 Å². The number of carbonyl (C=O) groups is 1. The van der Waals surface area contributed by atoms with Crippen LogP contribution in [0.15, 0.2) is 36.7 Å². The largest absolute Gasteiger partial charge is 0.490 e. The number of benzene rings is 1. The monoisotopic (exact) mass is 328 g/mol. The van der Waals surface area contributed by atoms with Gasteiger partial charge in [-0.15, -0.1) is 0 Å². The molecule has 3 rings (SSSR count). The van der Waals surface area contributed by atoms with Crippen LogP contribution in [0.2, 0.25) is 0 Å². The van der Waals surface area contributed by atoms with Crippen LogP contribution in [0.1, 0.15) is 37.3 Å². The van der Waals surface area contributed by atoms with Crippen molar-refractivity contribution in [2.45, 2.75) is 37.8 Å². The van der Waals surface area contributed by atoms with Gasteiger partial charge in [0, 0.05) is 24.5 Å². The molecule has 0 spiro atoms. The Kier molecular flexibility index (Phi) is 5.15. The minimum absolute atomic E-state index is 0.116. The fourth-order valence-electron chi connectivity index (χ4n) is 3.07. The number of nitrogens with zero attached hydrogens (tertiary/aromatic N) is 2. The summed E-state index contributed by atoms with van der Waals surface area (Å²) in [5.74, 6) is 0.743. The van der Waals surface area contributed by atoms with E-state index < -0.39 is 6.04 Å². The third kappa shape index (κ3) is 3.94. The van der Waals surface area contributed by atoms with E-state index in [0.717, 1.165) is 29.8 Å². The summed E-state index contributed by atoms with van der Waals surface area (Å²) < 4.78 is 7.62. The summed E-state index contributed by atoms with van der Waals surface area (Å²) in [6, 6.07) is 7.13. The maximum Gasteiger partial charge on any atom is 0.246 e. The van der Waals surface area contributed by atoms with Crippen LogP contribution in [-0.4, -0.2) is 28.8 Å². The molecule has 24 heavy (non-hydrogen) atoms. The van der Waals surface area contributed by atoms with Gasteiger partial charge in [0.15, 0.2) is 0 Å². The molecule has 1 atom stereocenters. The topological polar surface area (TPSA) is 68.2 Å². The predicted octanol–water partition coefficient (Wildman–Crippen LogP) is 2.64. The lowest BCUT2D eigenvalue weighted by atomic mass is 10.1. The average Bonchev–Trinajstić information content (AvgIpc) is 3.22. The molecule has 2 aromatic rings. The van der Waals surface area contributed by atoms with Gasteiger partial charge in [0.25, 0.3) is 0 Å². The maximum atomic E-state index is 12.5. The first-order valence-electron chi connectivity index (χ1n) is 8.39. The zero-order valence-corrected chi connectivity index (χ0v) is 14.2. The lowest BCUT2D eigenvalue weighted by molar-refractivity contribution is -0.118. The molecule has 0 aliphatic heterocycles. The Morgan fingerprint density at radius 1 is 1.29 bits per heavy atom. The van der Waals surface area contributed by atoms with Crippen molar-refractivity contribution < 1.29 is 9.53 Å². The Hall–Kier alpha value is -2.34. The number of hydrogen-bond donors (Lipinski definition) is 2. The van der Waals surface area contributed by atoms with Crippen LogP contribution in [0.3, 0.4) is 0 Å². The Balaban J connectivity index is 1.60. The van der Waals surface area contributed by atoms with E-state index in [4.69, 9.17) is 4.74 Å². The number of amides is 1. The molecule has 1 fully saturated rings. The molecule has 1 aromatic carbocycles. The summed E-state index contributed by atoms with van der Waals surface area (Å²) in [7, 11) is 3.59. The molecular weight excluding hydrogens is 304 g/mol. The van der Waals surface area contributed by atoms with Gasteiger partial charge in [-0.1, -0.05) is 0 Å². The Bertz CT molecular complexity index is 675. The standard InChI is InChI=1S/C18H24N4O2/c1-19-17(13-11-20-22(2)12-13)18(23)21-14-7-9-16(10-8-14)24-15-5-3-4-6-15/h7-12,15,17,19H,3-6H2,1-2H3,(H,21,23). The molecule has 1 saturated carbocycles. The molecule has 1 aliphatic rings. The first kappa shape index (κ1) is 16.5. The van der Waals surface area contributed by atoms with E-state index in [2.05, 4.69) is 15.7 Å². The number of aromatic nitrogens is 2. The molecule has 0 radical (unpaired) electrons.